The lowest BCUT2D eigenvalue weighted by Gasteiger charge is -2.06. The number of carbonyl (C=O) groups is 1. The summed E-state index contributed by atoms with van der Waals surface area (Å²) in [7, 11) is 1.76. The third-order valence-corrected chi connectivity index (χ3v) is 4.12. The zero-order chi connectivity index (χ0) is 16.0. The van der Waals surface area contributed by atoms with Gasteiger partial charge in [-0.15, -0.1) is 0 Å². The molecule has 2 heterocycles. The van der Waals surface area contributed by atoms with E-state index in [0.29, 0.717) is 22.5 Å². The zero-order valence-corrected chi connectivity index (χ0v) is 12.5. The number of carbonyl (C=O) groups excluding carboxylic acids is 1. The van der Waals surface area contributed by atoms with Crippen LogP contribution in [-0.4, -0.2) is 21.3 Å². The van der Waals surface area contributed by atoms with Gasteiger partial charge in [-0.3, -0.25) is 4.79 Å². The molecule has 4 rings (SSSR count). The summed E-state index contributed by atoms with van der Waals surface area (Å²) in [5, 5.41) is 10.6. The minimum Gasteiger partial charge on any atom is -0.494 e. The summed E-state index contributed by atoms with van der Waals surface area (Å²) in [5.74, 6) is -0.249. The van der Waals surface area contributed by atoms with Crippen LogP contribution in [0.3, 0.4) is 0 Å². The molecule has 0 fully saturated rings. The van der Waals surface area contributed by atoms with E-state index in [1.165, 1.54) is 0 Å². The highest BCUT2D eigenvalue weighted by Crippen LogP contribution is 2.39. The molecule has 1 N–H and O–H groups in total. The molecule has 0 bridgehead atoms. The number of hydrogen-bond donors (Lipinski definition) is 1. The van der Waals surface area contributed by atoms with Crippen molar-refractivity contribution in [2.24, 2.45) is 12.0 Å². The van der Waals surface area contributed by atoms with Gasteiger partial charge in [-0.05, 0) is 5.56 Å². The molecule has 1 amide bonds. The lowest BCUT2D eigenvalue weighted by Crippen LogP contribution is -2.00. The fourth-order valence-electron chi connectivity index (χ4n) is 3.06. The van der Waals surface area contributed by atoms with Crippen molar-refractivity contribution in [2.45, 2.75) is 0 Å². The molecule has 0 saturated heterocycles. The Balaban J connectivity index is 1.98. The highest BCUT2D eigenvalue weighted by Gasteiger charge is 2.34. The fraction of sp³-hybridized carbons (Fsp3) is 0.0526. The van der Waals surface area contributed by atoms with Gasteiger partial charge in [0.2, 0.25) is 5.88 Å². The van der Waals surface area contributed by atoms with Crippen molar-refractivity contribution >= 4 is 11.6 Å². The van der Waals surface area contributed by atoms with E-state index in [9.17, 15) is 9.90 Å². The highest BCUT2D eigenvalue weighted by molar-refractivity contribution is 6.30. The van der Waals surface area contributed by atoms with Crippen LogP contribution in [0.2, 0.25) is 0 Å². The molecule has 0 saturated carbocycles. The van der Waals surface area contributed by atoms with E-state index in [0.717, 1.165) is 11.1 Å². The normalized spacial score (nSPS) is 13.1. The SMILES string of the molecule is Cn1c(O)c2c(c1-c1ccccc1)C(=O)N=C2c1ccccc1. The Bertz CT molecular complexity index is 939. The van der Waals surface area contributed by atoms with E-state index < -0.39 is 0 Å². The van der Waals surface area contributed by atoms with Crippen LogP contribution < -0.4 is 0 Å². The summed E-state index contributed by atoms with van der Waals surface area (Å²) in [6.45, 7) is 0. The van der Waals surface area contributed by atoms with Crippen molar-refractivity contribution in [2.75, 3.05) is 0 Å². The first-order valence-electron chi connectivity index (χ1n) is 7.34. The van der Waals surface area contributed by atoms with E-state index in [4.69, 9.17) is 0 Å². The zero-order valence-electron chi connectivity index (χ0n) is 12.5. The summed E-state index contributed by atoms with van der Waals surface area (Å²) < 4.78 is 1.65. The van der Waals surface area contributed by atoms with E-state index in [-0.39, 0.29) is 11.8 Å². The van der Waals surface area contributed by atoms with Gasteiger partial charge in [-0.25, -0.2) is 4.99 Å². The first-order valence-corrected chi connectivity index (χ1v) is 7.34. The van der Waals surface area contributed by atoms with Crippen LogP contribution >= 0.6 is 0 Å². The van der Waals surface area contributed by atoms with Crippen LogP contribution in [0.15, 0.2) is 65.7 Å². The number of fused-ring (bicyclic) bond motifs is 1. The molecular weight excluding hydrogens is 288 g/mol. The molecule has 4 nitrogen and oxygen atoms in total. The Kier molecular flexibility index (Phi) is 2.91. The molecule has 112 valence electrons. The van der Waals surface area contributed by atoms with Crippen molar-refractivity contribution in [3.8, 4) is 17.1 Å². The van der Waals surface area contributed by atoms with Gasteiger partial charge < -0.3 is 9.67 Å². The molecule has 1 aliphatic rings. The van der Waals surface area contributed by atoms with Crippen LogP contribution in [0, 0.1) is 0 Å². The van der Waals surface area contributed by atoms with Gasteiger partial charge in [-0.1, -0.05) is 60.7 Å². The smallest absolute Gasteiger partial charge is 0.280 e. The quantitative estimate of drug-likeness (QED) is 0.789. The summed E-state index contributed by atoms with van der Waals surface area (Å²) in [6, 6.07) is 19.0. The second-order valence-electron chi connectivity index (χ2n) is 5.48. The predicted molar refractivity (Wildman–Crippen MR) is 88.9 cm³/mol. The number of amides is 1. The van der Waals surface area contributed by atoms with Gasteiger partial charge >= 0.3 is 0 Å². The molecule has 0 aliphatic carbocycles. The third-order valence-electron chi connectivity index (χ3n) is 4.12. The Morgan fingerprint density at radius 2 is 1.43 bits per heavy atom. The van der Waals surface area contributed by atoms with Gasteiger partial charge in [0.05, 0.1) is 22.5 Å². The third kappa shape index (κ3) is 1.92. The number of aliphatic imine (C=N–C) groups is 1. The van der Waals surface area contributed by atoms with Crippen molar-refractivity contribution in [1.82, 2.24) is 4.57 Å². The number of rotatable bonds is 2. The standard InChI is InChI=1S/C19H14N2O2/c1-21-17(13-10-6-3-7-11-13)15-14(19(21)23)16(20-18(15)22)12-8-4-2-5-9-12/h2-11,23H,1H3. The van der Waals surface area contributed by atoms with Crippen molar-refractivity contribution in [3.05, 3.63) is 77.4 Å². The summed E-state index contributed by atoms with van der Waals surface area (Å²) in [6.07, 6.45) is 0. The van der Waals surface area contributed by atoms with Crippen LogP contribution in [0.1, 0.15) is 21.5 Å². The molecule has 4 heteroatoms. The van der Waals surface area contributed by atoms with Gasteiger partial charge in [-0.2, -0.15) is 0 Å². The molecule has 0 radical (unpaired) electrons. The van der Waals surface area contributed by atoms with Crippen molar-refractivity contribution in [3.63, 3.8) is 0 Å². The Hall–Kier alpha value is -3.14. The second-order valence-corrected chi connectivity index (χ2v) is 5.48. The van der Waals surface area contributed by atoms with Gasteiger partial charge in [0.1, 0.15) is 0 Å². The number of hydrogen-bond acceptors (Lipinski definition) is 2. The molecule has 0 spiro atoms. The van der Waals surface area contributed by atoms with Gasteiger partial charge in [0.15, 0.2) is 0 Å². The molecular formula is C19H14N2O2. The van der Waals surface area contributed by atoms with Crippen molar-refractivity contribution in [1.29, 1.82) is 0 Å². The summed E-state index contributed by atoms with van der Waals surface area (Å²) in [5.41, 5.74) is 3.90. The topological polar surface area (TPSA) is 54.6 Å². The predicted octanol–water partition coefficient (Wildman–Crippen LogP) is 3.39. The average Bonchev–Trinajstić information content (AvgIpc) is 3.06. The Morgan fingerprint density at radius 1 is 0.870 bits per heavy atom. The van der Waals surface area contributed by atoms with E-state index in [1.54, 1.807) is 11.6 Å². The maximum Gasteiger partial charge on any atom is 0.280 e. The Morgan fingerprint density at radius 3 is 2.04 bits per heavy atom. The maximum absolute atomic E-state index is 12.5. The van der Waals surface area contributed by atoms with Crippen molar-refractivity contribution < 1.29 is 9.90 Å². The minimum atomic E-state index is -0.311. The molecule has 1 aliphatic heterocycles. The molecule has 2 aromatic carbocycles. The van der Waals surface area contributed by atoms with Gasteiger partial charge in [0.25, 0.3) is 5.91 Å². The molecule has 23 heavy (non-hydrogen) atoms. The first-order chi connectivity index (χ1) is 11.2. The number of benzene rings is 2. The van der Waals surface area contributed by atoms with Crippen LogP contribution in [0.4, 0.5) is 0 Å². The molecule has 0 atom stereocenters. The monoisotopic (exact) mass is 302 g/mol. The lowest BCUT2D eigenvalue weighted by atomic mass is 10.0. The van der Waals surface area contributed by atoms with Crippen LogP contribution in [0.25, 0.3) is 11.3 Å². The lowest BCUT2D eigenvalue weighted by molar-refractivity contribution is 0.101. The highest BCUT2D eigenvalue weighted by atomic mass is 16.3. The second kappa shape index (κ2) is 4.95. The Labute approximate surface area is 133 Å². The van der Waals surface area contributed by atoms with E-state index >= 15 is 0 Å². The first kappa shape index (κ1) is 13.5. The van der Waals surface area contributed by atoms with Crippen LogP contribution in [0.5, 0.6) is 5.88 Å². The summed E-state index contributed by atoms with van der Waals surface area (Å²) in [4.78, 5) is 16.7. The maximum atomic E-state index is 12.5. The number of nitrogens with zero attached hydrogens (tertiary/aromatic N) is 2. The molecule has 3 aromatic rings. The average molecular weight is 302 g/mol. The number of aromatic hydroxyl groups is 1. The summed E-state index contributed by atoms with van der Waals surface area (Å²) >= 11 is 0. The molecule has 0 unspecified atom stereocenters. The largest absolute Gasteiger partial charge is 0.494 e. The fourth-order valence-corrected chi connectivity index (χ4v) is 3.06. The van der Waals surface area contributed by atoms with E-state index in [2.05, 4.69) is 4.99 Å². The molecule has 1 aromatic heterocycles. The van der Waals surface area contributed by atoms with E-state index in [1.807, 2.05) is 60.7 Å². The minimum absolute atomic E-state index is 0.0623. The van der Waals surface area contributed by atoms with Gasteiger partial charge in [0, 0.05) is 12.6 Å². The van der Waals surface area contributed by atoms with Crippen LogP contribution in [-0.2, 0) is 7.05 Å². The number of aromatic nitrogens is 1.